The molecule has 0 unspecified atom stereocenters. The van der Waals surface area contributed by atoms with Crippen molar-refractivity contribution >= 4 is 56.8 Å². The van der Waals surface area contributed by atoms with E-state index in [4.69, 9.17) is 4.74 Å². The van der Waals surface area contributed by atoms with Crippen LogP contribution in [0.4, 0.5) is 13.9 Å². The standard InChI is InChI=1S/C23H20F2N4O4S.ClH/c24-14-11-17(25)20-18(12-14)34-23(26-20)28(6-5-27-7-9-33-10-8-27)19(30)13-29-21(31)15-3-1-2-4-16(15)22(29)32;/h1-4,11-12H,5-10,13H2;1H. The molecule has 0 atom stereocenters. The fraction of sp³-hybridized carbons (Fsp3) is 0.304. The number of thiazole rings is 1. The number of halogens is 3. The lowest BCUT2D eigenvalue weighted by Crippen LogP contribution is -2.47. The van der Waals surface area contributed by atoms with E-state index in [0.717, 1.165) is 28.4 Å². The number of aromatic nitrogens is 1. The summed E-state index contributed by atoms with van der Waals surface area (Å²) in [6.07, 6.45) is 0. The van der Waals surface area contributed by atoms with Gasteiger partial charge in [-0.05, 0) is 18.2 Å². The van der Waals surface area contributed by atoms with Crippen molar-refractivity contribution in [3.8, 4) is 0 Å². The van der Waals surface area contributed by atoms with Gasteiger partial charge in [0.2, 0.25) is 5.91 Å². The lowest BCUT2D eigenvalue weighted by molar-refractivity contribution is -0.119. The van der Waals surface area contributed by atoms with Crippen molar-refractivity contribution in [3.05, 3.63) is 59.2 Å². The second-order valence-electron chi connectivity index (χ2n) is 7.97. The summed E-state index contributed by atoms with van der Waals surface area (Å²) in [6, 6.07) is 8.29. The first-order chi connectivity index (χ1) is 16.4. The van der Waals surface area contributed by atoms with Gasteiger partial charge in [0.05, 0.1) is 29.0 Å². The highest BCUT2D eigenvalue weighted by atomic mass is 35.5. The van der Waals surface area contributed by atoms with E-state index in [1.54, 1.807) is 24.3 Å². The van der Waals surface area contributed by atoms with Crippen molar-refractivity contribution in [1.29, 1.82) is 0 Å². The maximum atomic E-state index is 14.3. The molecule has 0 saturated carbocycles. The molecule has 2 aromatic carbocycles. The largest absolute Gasteiger partial charge is 0.379 e. The second-order valence-corrected chi connectivity index (χ2v) is 8.98. The van der Waals surface area contributed by atoms with Crippen LogP contribution < -0.4 is 4.90 Å². The number of hydrogen-bond donors (Lipinski definition) is 0. The number of carbonyl (C=O) groups excluding carboxylic acids is 3. The lowest BCUT2D eigenvalue weighted by atomic mass is 10.1. The number of nitrogens with zero attached hydrogens (tertiary/aromatic N) is 4. The van der Waals surface area contributed by atoms with E-state index < -0.39 is 35.9 Å². The Hall–Kier alpha value is -2.99. The first-order valence-electron chi connectivity index (χ1n) is 10.7. The molecule has 0 spiro atoms. The van der Waals surface area contributed by atoms with Gasteiger partial charge in [-0.2, -0.15) is 0 Å². The molecule has 3 heterocycles. The summed E-state index contributed by atoms with van der Waals surface area (Å²) in [6.45, 7) is 2.75. The average molecular weight is 523 g/mol. The fourth-order valence-corrected chi connectivity index (χ4v) is 5.11. The van der Waals surface area contributed by atoms with Crippen molar-refractivity contribution in [3.63, 3.8) is 0 Å². The third-order valence-corrected chi connectivity index (χ3v) is 6.87. The fourth-order valence-electron chi connectivity index (χ4n) is 4.06. The van der Waals surface area contributed by atoms with Gasteiger partial charge in [-0.1, -0.05) is 23.5 Å². The second kappa shape index (κ2) is 10.3. The minimum atomic E-state index is -0.821. The first kappa shape index (κ1) is 25.1. The Morgan fingerprint density at radius 3 is 2.40 bits per heavy atom. The van der Waals surface area contributed by atoms with Gasteiger partial charge in [0.15, 0.2) is 10.9 Å². The summed E-state index contributed by atoms with van der Waals surface area (Å²) >= 11 is 0.978. The zero-order chi connectivity index (χ0) is 23.8. The molecule has 2 aliphatic rings. The number of imide groups is 1. The average Bonchev–Trinajstić information content (AvgIpc) is 3.35. The molecule has 3 amide bonds. The summed E-state index contributed by atoms with van der Waals surface area (Å²) < 4.78 is 33.6. The van der Waals surface area contributed by atoms with Crippen molar-refractivity contribution < 1.29 is 27.9 Å². The third kappa shape index (κ3) is 4.90. The van der Waals surface area contributed by atoms with Crippen LogP contribution in [-0.4, -0.2) is 78.4 Å². The first-order valence-corrected chi connectivity index (χ1v) is 11.6. The van der Waals surface area contributed by atoms with Gasteiger partial charge in [-0.3, -0.25) is 29.1 Å². The smallest absolute Gasteiger partial charge is 0.262 e. The monoisotopic (exact) mass is 522 g/mol. The SMILES string of the molecule is Cl.O=C1c2ccccc2C(=O)N1CC(=O)N(CCN1CCOCC1)c1nc2c(F)cc(F)cc2s1. The molecule has 1 fully saturated rings. The summed E-state index contributed by atoms with van der Waals surface area (Å²) in [5.74, 6) is -3.18. The van der Waals surface area contributed by atoms with Crippen LogP contribution in [0.25, 0.3) is 10.2 Å². The molecule has 1 saturated heterocycles. The molecule has 0 N–H and O–H groups in total. The molecular weight excluding hydrogens is 502 g/mol. The number of fused-ring (bicyclic) bond motifs is 2. The van der Waals surface area contributed by atoms with Crippen LogP contribution in [0, 0.1) is 11.6 Å². The normalized spacial score (nSPS) is 15.9. The Kier molecular flexibility index (Phi) is 7.41. The maximum absolute atomic E-state index is 14.3. The highest BCUT2D eigenvalue weighted by Crippen LogP contribution is 2.32. The van der Waals surface area contributed by atoms with Gasteiger partial charge in [-0.15, -0.1) is 12.4 Å². The van der Waals surface area contributed by atoms with E-state index in [-0.39, 0.29) is 45.4 Å². The molecule has 12 heteroatoms. The predicted octanol–water partition coefficient (Wildman–Crippen LogP) is 2.96. The number of ether oxygens (including phenoxy) is 1. The Balaban J connectivity index is 0.00000289. The van der Waals surface area contributed by atoms with Crippen LogP contribution in [-0.2, 0) is 9.53 Å². The zero-order valence-corrected chi connectivity index (χ0v) is 20.0. The van der Waals surface area contributed by atoms with E-state index in [1.807, 2.05) is 0 Å². The lowest BCUT2D eigenvalue weighted by Gasteiger charge is -2.29. The number of anilines is 1. The molecule has 0 radical (unpaired) electrons. The third-order valence-electron chi connectivity index (χ3n) is 5.85. The van der Waals surface area contributed by atoms with Crippen LogP contribution in [0.15, 0.2) is 36.4 Å². The summed E-state index contributed by atoms with van der Waals surface area (Å²) in [5.41, 5.74) is 0.460. The summed E-state index contributed by atoms with van der Waals surface area (Å²) in [5, 5.41) is 0.175. The Bertz CT molecular complexity index is 1260. The number of benzene rings is 2. The van der Waals surface area contributed by atoms with Gasteiger partial charge in [0.25, 0.3) is 11.8 Å². The Labute approximate surface area is 209 Å². The number of amides is 3. The van der Waals surface area contributed by atoms with Gasteiger partial charge in [0, 0.05) is 32.2 Å². The zero-order valence-electron chi connectivity index (χ0n) is 18.4. The predicted molar refractivity (Wildman–Crippen MR) is 128 cm³/mol. The molecule has 2 aliphatic heterocycles. The van der Waals surface area contributed by atoms with E-state index >= 15 is 0 Å². The molecule has 1 aromatic heterocycles. The molecule has 0 aliphatic carbocycles. The van der Waals surface area contributed by atoms with Crippen LogP contribution in [0.3, 0.4) is 0 Å². The molecule has 3 aromatic rings. The van der Waals surface area contributed by atoms with Crippen molar-refractivity contribution in [2.75, 3.05) is 50.8 Å². The highest BCUT2D eigenvalue weighted by molar-refractivity contribution is 7.22. The van der Waals surface area contributed by atoms with E-state index in [0.29, 0.717) is 32.8 Å². The van der Waals surface area contributed by atoms with Gasteiger partial charge in [0.1, 0.15) is 17.9 Å². The van der Waals surface area contributed by atoms with Crippen LogP contribution in [0.1, 0.15) is 20.7 Å². The van der Waals surface area contributed by atoms with Crippen molar-refractivity contribution in [1.82, 2.24) is 14.8 Å². The number of hydrogen-bond acceptors (Lipinski definition) is 7. The maximum Gasteiger partial charge on any atom is 0.262 e. The highest BCUT2D eigenvalue weighted by Gasteiger charge is 2.37. The van der Waals surface area contributed by atoms with Gasteiger partial charge < -0.3 is 4.74 Å². The number of morpholine rings is 1. The van der Waals surface area contributed by atoms with E-state index in [2.05, 4.69) is 9.88 Å². The summed E-state index contributed by atoms with van der Waals surface area (Å²) in [7, 11) is 0. The minimum absolute atomic E-state index is 0. The van der Waals surface area contributed by atoms with Gasteiger partial charge in [-0.25, -0.2) is 13.8 Å². The molecule has 5 rings (SSSR count). The van der Waals surface area contributed by atoms with Gasteiger partial charge >= 0.3 is 0 Å². The van der Waals surface area contributed by atoms with Crippen molar-refractivity contribution in [2.24, 2.45) is 0 Å². The summed E-state index contributed by atoms with van der Waals surface area (Å²) in [4.78, 5) is 47.4. The number of carbonyl (C=O) groups is 3. The van der Waals surface area contributed by atoms with Crippen LogP contribution in [0.5, 0.6) is 0 Å². The molecule has 0 bridgehead atoms. The molecule has 35 heavy (non-hydrogen) atoms. The van der Waals surface area contributed by atoms with Crippen LogP contribution in [0.2, 0.25) is 0 Å². The topological polar surface area (TPSA) is 83.1 Å². The van der Waals surface area contributed by atoms with E-state index in [9.17, 15) is 23.2 Å². The number of rotatable bonds is 6. The quantitative estimate of drug-likeness (QED) is 0.463. The molecule has 184 valence electrons. The molecule has 8 nitrogen and oxygen atoms in total. The molecular formula is C23H21ClF2N4O4S. The Morgan fingerprint density at radius 2 is 1.74 bits per heavy atom. The Morgan fingerprint density at radius 1 is 1.09 bits per heavy atom. The van der Waals surface area contributed by atoms with Crippen LogP contribution >= 0.6 is 23.7 Å². The minimum Gasteiger partial charge on any atom is -0.379 e. The van der Waals surface area contributed by atoms with E-state index in [1.165, 1.54) is 4.90 Å². The van der Waals surface area contributed by atoms with Crippen molar-refractivity contribution in [2.45, 2.75) is 0 Å².